The lowest BCUT2D eigenvalue weighted by Gasteiger charge is -2.36. The number of carbonyl (C=O) groups excluding carboxylic acids is 1. The van der Waals surface area contributed by atoms with Gasteiger partial charge in [0.2, 0.25) is 15.9 Å². The fourth-order valence-corrected chi connectivity index (χ4v) is 9.48. The number of carbonyl (C=O) groups is 1. The first-order valence-corrected chi connectivity index (χ1v) is 16.3. The summed E-state index contributed by atoms with van der Waals surface area (Å²) >= 11 is 0. The molecule has 0 radical (unpaired) electrons. The zero-order valence-electron chi connectivity index (χ0n) is 24.1. The van der Waals surface area contributed by atoms with Gasteiger partial charge in [-0.3, -0.25) is 4.79 Å². The van der Waals surface area contributed by atoms with Crippen LogP contribution in [0.5, 0.6) is 0 Å². The molecule has 42 heavy (non-hydrogen) atoms. The van der Waals surface area contributed by atoms with Gasteiger partial charge in [0.05, 0.1) is 5.75 Å². The lowest BCUT2D eigenvalue weighted by molar-refractivity contribution is -0.128. The van der Waals surface area contributed by atoms with Crippen molar-refractivity contribution in [1.82, 2.24) is 4.72 Å². The van der Waals surface area contributed by atoms with Crippen LogP contribution in [0.3, 0.4) is 0 Å². The maximum atomic E-state index is 13.9. The predicted octanol–water partition coefficient (Wildman–Crippen LogP) is 4.65. The molecule has 2 saturated carbocycles. The number of Topliss-reactive ketones (excluding diaryl/α,β-unsaturated/α-hetero) is 1. The van der Waals surface area contributed by atoms with Gasteiger partial charge >= 0.3 is 0 Å². The van der Waals surface area contributed by atoms with Crippen molar-refractivity contribution in [3.8, 4) is 0 Å². The molecule has 2 N–H and O–H groups in total. The molecule has 1 aliphatic heterocycles. The molecule has 0 aromatic heterocycles. The smallest absolute Gasteiger partial charge is 0.213 e. The van der Waals surface area contributed by atoms with Crippen LogP contribution >= 0.6 is 0 Å². The second kappa shape index (κ2) is 10.7. The Morgan fingerprint density at radius 1 is 0.976 bits per heavy atom. The number of benzene rings is 3. The van der Waals surface area contributed by atoms with Crippen LogP contribution in [0, 0.1) is 16.7 Å². The average molecular weight is 587 g/mol. The normalized spacial score (nSPS) is 25.7. The molecule has 3 aromatic rings. The maximum Gasteiger partial charge on any atom is 0.213 e. The molecule has 0 spiro atoms. The molecule has 4 atom stereocenters. The van der Waals surface area contributed by atoms with E-state index in [9.17, 15) is 18.3 Å². The van der Waals surface area contributed by atoms with Gasteiger partial charge in [-0.25, -0.2) is 18.1 Å². The second-order valence-electron chi connectivity index (χ2n) is 12.6. The van der Waals surface area contributed by atoms with Crippen molar-refractivity contribution in [3.05, 3.63) is 108 Å². The van der Waals surface area contributed by atoms with Gasteiger partial charge in [0.25, 0.3) is 0 Å². The largest absolute Gasteiger partial charge is 0.477 e. The van der Waals surface area contributed by atoms with Crippen LogP contribution in [0.4, 0.5) is 0 Å². The van der Waals surface area contributed by atoms with E-state index >= 15 is 0 Å². The Labute approximate surface area is 248 Å². The molecule has 2 bridgehead atoms. The van der Waals surface area contributed by atoms with Gasteiger partial charge in [-0.2, -0.15) is 0 Å². The zero-order valence-corrected chi connectivity index (χ0v) is 24.9. The summed E-state index contributed by atoms with van der Waals surface area (Å²) in [6, 6.07) is 26.8. The van der Waals surface area contributed by atoms with Crippen molar-refractivity contribution in [3.63, 3.8) is 0 Å². The highest BCUT2D eigenvalue weighted by Crippen LogP contribution is 2.64. The fraction of sp³-hybridized carbons (Fsp3) is 0.412. The monoisotopic (exact) mass is 586 g/mol. The topological polar surface area (TPSA) is 105 Å². The minimum Gasteiger partial charge on any atom is -0.477 e. The minimum absolute atomic E-state index is 0.0547. The summed E-state index contributed by atoms with van der Waals surface area (Å²) in [6.07, 6.45) is 2.23. The highest BCUT2D eigenvalue weighted by atomic mass is 32.2. The summed E-state index contributed by atoms with van der Waals surface area (Å²) < 4.78 is 36.7. The molecule has 6 rings (SSSR count). The molecule has 2 aliphatic carbocycles. The highest BCUT2D eigenvalue weighted by Gasteiger charge is 2.65. The van der Waals surface area contributed by atoms with E-state index in [2.05, 4.69) is 4.72 Å². The van der Waals surface area contributed by atoms with Crippen molar-refractivity contribution in [1.29, 1.82) is 0 Å². The van der Waals surface area contributed by atoms with Crippen molar-refractivity contribution in [2.75, 3.05) is 12.4 Å². The standard InChI is InChI=1S/C34H38N2O5S/c1-32(2)27-18-19-33(32,30(37)21-27)23-42(39,40)36-28(20-24-12-6-3-7-13-24)31-35-29(22-41-31)34(38,25-14-8-4-9-15-25)26-16-10-5-11-17-26/h3-17,27-29,36,38H,18-23H2,1-2H3/t27-,28-,29+,33-/m1/s1. The lowest BCUT2D eigenvalue weighted by Crippen LogP contribution is -2.49. The maximum absolute atomic E-state index is 13.9. The molecular formula is C34H38N2O5S. The van der Waals surface area contributed by atoms with E-state index in [0.717, 1.165) is 12.0 Å². The van der Waals surface area contributed by atoms with Gasteiger partial charge in [0, 0.05) is 11.8 Å². The Kier molecular flexibility index (Phi) is 7.36. The van der Waals surface area contributed by atoms with E-state index in [1.807, 2.05) is 105 Å². The molecule has 7 nitrogen and oxygen atoms in total. The first-order valence-electron chi connectivity index (χ1n) is 14.7. The van der Waals surface area contributed by atoms with E-state index in [1.165, 1.54) is 0 Å². The molecule has 2 fully saturated rings. The van der Waals surface area contributed by atoms with Gasteiger partial charge < -0.3 is 9.84 Å². The molecule has 3 aromatic carbocycles. The van der Waals surface area contributed by atoms with Crippen LogP contribution in [0.15, 0.2) is 96.0 Å². The zero-order chi connectivity index (χ0) is 29.6. The summed E-state index contributed by atoms with van der Waals surface area (Å²) in [5, 5.41) is 12.3. The van der Waals surface area contributed by atoms with Crippen LogP contribution in [0.1, 0.15) is 49.8 Å². The highest BCUT2D eigenvalue weighted by molar-refractivity contribution is 7.89. The summed E-state index contributed by atoms with van der Waals surface area (Å²) in [6.45, 7) is 4.16. The molecule has 220 valence electrons. The molecule has 0 unspecified atom stereocenters. The summed E-state index contributed by atoms with van der Waals surface area (Å²) in [5.74, 6) is 0.260. The molecule has 0 saturated heterocycles. The molecule has 0 amide bonds. The Morgan fingerprint density at radius 2 is 1.55 bits per heavy atom. The van der Waals surface area contributed by atoms with E-state index in [4.69, 9.17) is 9.73 Å². The van der Waals surface area contributed by atoms with Crippen LogP contribution < -0.4 is 4.72 Å². The van der Waals surface area contributed by atoms with Gasteiger partial charge in [0.15, 0.2) is 0 Å². The number of nitrogens with one attached hydrogen (secondary N) is 1. The van der Waals surface area contributed by atoms with Crippen LogP contribution in [-0.2, 0) is 31.6 Å². The Bertz CT molecular complexity index is 1530. The van der Waals surface area contributed by atoms with Crippen LogP contribution in [0.2, 0.25) is 0 Å². The quantitative estimate of drug-likeness (QED) is 0.360. The van der Waals surface area contributed by atoms with Crippen LogP contribution in [-0.4, -0.2) is 49.6 Å². The SMILES string of the molecule is CC1(C)[C@@H]2CC[C@@]1(CS(=O)(=O)N[C@H](Cc1ccccc1)C1=N[C@H](C(O)(c3ccccc3)c3ccccc3)CO1)C(=O)C2. The Morgan fingerprint density at radius 3 is 2.07 bits per heavy atom. The third-order valence-electron chi connectivity index (χ3n) is 10.1. The van der Waals surface area contributed by atoms with Crippen LogP contribution in [0.25, 0.3) is 0 Å². The lowest BCUT2D eigenvalue weighted by atomic mass is 9.70. The van der Waals surface area contributed by atoms with Gasteiger partial charge in [-0.1, -0.05) is 105 Å². The average Bonchev–Trinajstić information content (AvgIpc) is 3.62. The number of sulfonamides is 1. The number of ether oxygens (including phenoxy) is 1. The number of aliphatic hydroxyl groups is 1. The Hall–Kier alpha value is -3.33. The molecule has 1 heterocycles. The van der Waals surface area contributed by atoms with E-state index in [1.54, 1.807) is 0 Å². The number of hydrogen-bond acceptors (Lipinski definition) is 6. The molecule has 8 heteroatoms. The number of fused-ring (bicyclic) bond motifs is 2. The van der Waals surface area contributed by atoms with Crippen molar-refractivity contribution in [2.45, 2.75) is 57.2 Å². The van der Waals surface area contributed by atoms with Crippen molar-refractivity contribution >= 4 is 21.7 Å². The fourth-order valence-electron chi connectivity index (χ4n) is 7.45. The van der Waals surface area contributed by atoms with E-state index < -0.39 is 33.1 Å². The number of rotatable bonds is 10. The summed E-state index contributed by atoms with van der Waals surface area (Å²) in [4.78, 5) is 18.0. The molecule has 3 aliphatic rings. The first kappa shape index (κ1) is 28.8. The van der Waals surface area contributed by atoms with Gasteiger partial charge in [-0.05, 0) is 47.3 Å². The molecular weight excluding hydrogens is 548 g/mol. The van der Waals surface area contributed by atoms with Crippen molar-refractivity contribution < 1.29 is 23.1 Å². The Balaban J connectivity index is 1.34. The predicted molar refractivity (Wildman–Crippen MR) is 162 cm³/mol. The number of ketones is 1. The summed E-state index contributed by atoms with van der Waals surface area (Å²) in [7, 11) is -3.92. The first-order chi connectivity index (χ1) is 20.1. The van der Waals surface area contributed by atoms with Gasteiger partial charge in [0.1, 0.15) is 30.1 Å². The van der Waals surface area contributed by atoms with Crippen molar-refractivity contribution in [2.24, 2.45) is 21.7 Å². The second-order valence-corrected chi connectivity index (χ2v) is 14.3. The number of aliphatic imine (C=N–C) groups is 1. The third kappa shape index (κ3) is 4.89. The number of hydrogen-bond donors (Lipinski definition) is 2. The van der Waals surface area contributed by atoms with E-state index in [-0.39, 0.29) is 35.4 Å². The number of nitrogens with zero attached hydrogens (tertiary/aromatic N) is 1. The van der Waals surface area contributed by atoms with E-state index in [0.29, 0.717) is 30.4 Å². The minimum atomic E-state index is -3.92. The van der Waals surface area contributed by atoms with Gasteiger partial charge in [-0.15, -0.1) is 0 Å². The third-order valence-corrected chi connectivity index (χ3v) is 11.6. The summed E-state index contributed by atoms with van der Waals surface area (Å²) in [5.41, 5.74) is -0.486.